The first-order valence-electron chi connectivity index (χ1n) is 8.83. The fourth-order valence-corrected chi connectivity index (χ4v) is 3.32. The smallest absolute Gasteiger partial charge is 0.271 e. The minimum Gasteiger partial charge on any atom is -0.494 e. The van der Waals surface area contributed by atoms with E-state index in [0.717, 1.165) is 21.3 Å². The molecule has 1 aromatic heterocycles. The summed E-state index contributed by atoms with van der Waals surface area (Å²) in [6.07, 6.45) is 0.577. The molecule has 0 aliphatic rings. The summed E-state index contributed by atoms with van der Waals surface area (Å²) >= 11 is 0. The number of hydrogen-bond acceptors (Lipinski definition) is 5. The molecule has 142 valence electrons. The van der Waals surface area contributed by atoms with E-state index in [1.54, 1.807) is 0 Å². The van der Waals surface area contributed by atoms with Crippen LogP contribution in [-0.2, 0) is 6.54 Å². The zero-order valence-electron chi connectivity index (χ0n) is 16.3. The lowest BCUT2D eigenvalue weighted by atomic mass is 10.0. The molecule has 6 heteroatoms. The fraction of sp³-hybridized carbons (Fsp3) is 0.381. The highest BCUT2D eigenvalue weighted by Crippen LogP contribution is 2.26. The number of nitrogens with zero attached hydrogens (tertiary/aromatic N) is 2. The standard InChI is InChI=1S/C21H24N2O4/c1-6-7-23-20(25)16(10-22)15(5)18(21(23)26)17(24)11-27-19-13(3)8-12(2)9-14(19)4/h8-9,26H,6-7,11H2,1-5H3. The van der Waals surface area contributed by atoms with Gasteiger partial charge >= 0.3 is 0 Å². The number of Topliss-reactive ketones (excluding diaryl/α,β-unsaturated/α-hetero) is 1. The Bertz CT molecular complexity index is 974. The lowest BCUT2D eigenvalue weighted by molar-refractivity contribution is 0.0915. The van der Waals surface area contributed by atoms with Crippen LogP contribution in [0.2, 0.25) is 0 Å². The molecule has 0 saturated carbocycles. The van der Waals surface area contributed by atoms with Gasteiger partial charge in [0.1, 0.15) is 17.4 Å². The van der Waals surface area contributed by atoms with Crippen LogP contribution in [-0.4, -0.2) is 22.1 Å². The largest absolute Gasteiger partial charge is 0.494 e. The van der Waals surface area contributed by atoms with E-state index in [2.05, 4.69) is 0 Å². The van der Waals surface area contributed by atoms with Gasteiger partial charge in [0.05, 0.1) is 5.56 Å². The summed E-state index contributed by atoms with van der Waals surface area (Å²) in [7, 11) is 0. The number of ether oxygens (including phenoxy) is 1. The molecule has 0 amide bonds. The summed E-state index contributed by atoms with van der Waals surface area (Å²) in [4.78, 5) is 25.1. The maximum atomic E-state index is 12.8. The molecule has 0 atom stereocenters. The van der Waals surface area contributed by atoms with E-state index in [-0.39, 0.29) is 29.8 Å². The predicted octanol–water partition coefficient (Wildman–Crippen LogP) is 3.33. The highest BCUT2D eigenvalue weighted by atomic mass is 16.5. The number of benzene rings is 1. The number of carbonyl (C=O) groups excluding carboxylic acids is 1. The van der Waals surface area contributed by atoms with E-state index in [9.17, 15) is 20.0 Å². The van der Waals surface area contributed by atoms with Gasteiger partial charge in [0, 0.05) is 6.54 Å². The van der Waals surface area contributed by atoms with Crippen LogP contribution in [0.5, 0.6) is 11.6 Å². The van der Waals surface area contributed by atoms with Gasteiger partial charge in [-0.1, -0.05) is 24.6 Å². The van der Waals surface area contributed by atoms with E-state index >= 15 is 0 Å². The Balaban J connectivity index is 2.44. The number of aryl methyl sites for hydroxylation is 3. The van der Waals surface area contributed by atoms with Crippen LogP contribution in [0, 0.1) is 39.0 Å². The molecule has 0 spiro atoms. The molecule has 0 aliphatic heterocycles. The van der Waals surface area contributed by atoms with Crippen LogP contribution < -0.4 is 10.3 Å². The quantitative estimate of drug-likeness (QED) is 0.790. The second-order valence-corrected chi connectivity index (χ2v) is 6.71. The van der Waals surface area contributed by atoms with Crippen molar-refractivity contribution in [2.45, 2.75) is 47.6 Å². The van der Waals surface area contributed by atoms with Crippen molar-refractivity contribution in [1.29, 1.82) is 5.26 Å². The minimum atomic E-state index is -0.586. The molecule has 0 fully saturated rings. The zero-order chi connectivity index (χ0) is 20.3. The number of rotatable bonds is 6. The zero-order valence-corrected chi connectivity index (χ0v) is 16.3. The van der Waals surface area contributed by atoms with Crippen LogP contribution in [0.15, 0.2) is 16.9 Å². The third kappa shape index (κ3) is 3.87. The van der Waals surface area contributed by atoms with E-state index in [1.165, 1.54) is 6.92 Å². The average Bonchev–Trinajstić information content (AvgIpc) is 2.58. The summed E-state index contributed by atoms with van der Waals surface area (Å²) in [5.41, 5.74) is 2.34. The summed E-state index contributed by atoms with van der Waals surface area (Å²) in [5, 5.41) is 19.8. The first-order chi connectivity index (χ1) is 12.7. The molecule has 1 aromatic carbocycles. The number of ketones is 1. The molecule has 27 heavy (non-hydrogen) atoms. The molecule has 0 saturated heterocycles. The van der Waals surface area contributed by atoms with Crippen molar-refractivity contribution in [2.75, 3.05) is 6.61 Å². The van der Waals surface area contributed by atoms with Crippen molar-refractivity contribution >= 4 is 5.78 Å². The first kappa shape index (κ1) is 20.2. The second kappa shape index (κ2) is 8.09. The molecular weight excluding hydrogens is 344 g/mol. The van der Waals surface area contributed by atoms with Crippen molar-refractivity contribution in [2.24, 2.45) is 0 Å². The third-order valence-electron chi connectivity index (χ3n) is 4.48. The lowest BCUT2D eigenvalue weighted by Gasteiger charge is -2.16. The first-order valence-corrected chi connectivity index (χ1v) is 8.83. The predicted molar refractivity (Wildman–Crippen MR) is 103 cm³/mol. The Hall–Kier alpha value is -3.07. The highest BCUT2D eigenvalue weighted by molar-refractivity contribution is 6.01. The monoisotopic (exact) mass is 368 g/mol. The van der Waals surface area contributed by atoms with E-state index < -0.39 is 17.2 Å². The van der Waals surface area contributed by atoms with Crippen LogP contribution in [0.4, 0.5) is 0 Å². The Morgan fingerprint density at radius 3 is 2.33 bits per heavy atom. The number of nitriles is 1. The molecule has 0 unspecified atom stereocenters. The van der Waals surface area contributed by atoms with Crippen molar-refractivity contribution in [3.63, 3.8) is 0 Å². The second-order valence-electron chi connectivity index (χ2n) is 6.71. The maximum Gasteiger partial charge on any atom is 0.271 e. The van der Waals surface area contributed by atoms with Crippen LogP contribution in [0.3, 0.4) is 0 Å². The maximum absolute atomic E-state index is 12.8. The van der Waals surface area contributed by atoms with Crippen molar-refractivity contribution in [1.82, 2.24) is 4.57 Å². The molecule has 2 rings (SSSR count). The molecule has 0 aliphatic carbocycles. The van der Waals surface area contributed by atoms with Crippen LogP contribution >= 0.6 is 0 Å². The van der Waals surface area contributed by atoms with Crippen molar-refractivity contribution < 1.29 is 14.6 Å². The molecule has 1 heterocycles. The van der Waals surface area contributed by atoms with Gasteiger partial charge < -0.3 is 9.84 Å². The van der Waals surface area contributed by atoms with Crippen LogP contribution in [0.1, 0.15) is 51.5 Å². The van der Waals surface area contributed by atoms with Gasteiger partial charge in [0.2, 0.25) is 11.7 Å². The van der Waals surface area contributed by atoms with Gasteiger partial charge in [-0.05, 0) is 50.8 Å². The summed E-state index contributed by atoms with van der Waals surface area (Å²) in [5.74, 6) is -0.275. The van der Waals surface area contributed by atoms with Crippen molar-refractivity contribution in [3.8, 4) is 17.7 Å². The molecular formula is C21H24N2O4. The van der Waals surface area contributed by atoms with Gasteiger partial charge in [-0.25, -0.2) is 0 Å². The summed E-state index contributed by atoms with van der Waals surface area (Å²) in [6, 6.07) is 5.77. The molecule has 6 nitrogen and oxygen atoms in total. The minimum absolute atomic E-state index is 0.0398. The van der Waals surface area contributed by atoms with Gasteiger partial charge in [-0.15, -0.1) is 0 Å². The average molecular weight is 368 g/mol. The van der Waals surface area contributed by atoms with E-state index in [1.807, 2.05) is 45.9 Å². The lowest BCUT2D eigenvalue weighted by Crippen LogP contribution is -2.27. The summed E-state index contributed by atoms with van der Waals surface area (Å²) in [6.45, 7) is 9.04. The number of carbonyl (C=O) groups is 1. The van der Waals surface area contributed by atoms with Gasteiger partial charge in [0.15, 0.2) is 6.61 Å². The Kier molecular flexibility index (Phi) is 6.06. The third-order valence-corrected chi connectivity index (χ3v) is 4.48. The van der Waals surface area contributed by atoms with Crippen LogP contribution in [0.25, 0.3) is 0 Å². The molecule has 0 bridgehead atoms. The molecule has 1 N–H and O–H groups in total. The number of pyridine rings is 1. The normalized spacial score (nSPS) is 10.5. The summed E-state index contributed by atoms with van der Waals surface area (Å²) < 4.78 is 6.79. The molecule has 2 aromatic rings. The topological polar surface area (TPSA) is 92.3 Å². The molecule has 0 radical (unpaired) electrons. The fourth-order valence-electron chi connectivity index (χ4n) is 3.32. The number of aromatic hydroxyl groups is 1. The number of aromatic nitrogens is 1. The Labute approximate surface area is 158 Å². The van der Waals surface area contributed by atoms with Crippen molar-refractivity contribution in [3.05, 3.63) is 55.9 Å². The Morgan fingerprint density at radius 2 is 1.81 bits per heavy atom. The van der Waals surface area contributed by atoms with E-state index in [4.69, 9.17) is 4.74 Å². The van der Waals surface area contributed by atoms with Gasteiger partial charge in [-0.2, -0.15) is 5.26 Å². The van der Waals surface area contributed by atoms with E-state index in [0.29, 0.717) is 12.2 Å². The Morgan fingerprint density at radius 1 is 1.22 bits per heavy atom. The highest BCUT2D eigenvalue weighted by Gasteiger charge is 2.24. The van der Waals surface area contributed by atoms with Gasteiger partial charge in [-0.3, -0.25) is 14.2 Å². The van der Waals surface area contributed by atoms with Gasteiger partial charge in [0.25, 0.3) is 5.56 Å². The SMILES string of the molecule is CCCn1c(O)c(C(=O)COc2c(C)cc(C)cc2C)c(C)c(C#N)c1=O. The number of hydrogen-bond donors (Lipinski definition) is 1.